The van der Waals surface area contributed by atoms with Gasteiger partial charge in [0, 0.05) is 25.0 Å². The molecule has 0 aliphatic rings. The predicted molar refractivity (Wildman–Crippen MR) is 129 cm³/mol. The van der Waals surface area contributed by atoms with Crippen LogP contribution in [0.25, 0.3) is 6.08 Å². The molecule has 0 saturated heterocycles. The van der Waals surface area contributed by atoms with Gasteiger partial charge in [-0.05, 0) is 54.1 Å². The quantitative estimate of drug-likeness (QED) is 0.422. The Labute approximate surface area is 202 Å². The summed E-state index contributed by atoms with van der Waals surface area (Å²) in [6.45, 7) is 0. The molecule has 0 bridgehead atoms. The number of nitriles is 1. The van der Waals surface area contributed by atoms with Crippen LogP contribution in [-0.2, 0) is 0 Å². The zero-order valence-corrected chi connectivity index (χ0v) is 19.3. The zero-order chi connectivity index (χ0) is 25.2. The number of carbonyl (C=O) groups excluding carboxylic acids is 2. The van der Waals surface area contributed by atoms with Crippen LogP contribution in [-0.4, -0.2) is 38.2 Å². The second kappa shape index (κ2) is 11.7. The van der Waals surface area contributed by atoms with Gasteiger partial charge in [-0.2, -0.15) is 5.26 Å². The molecule has 178 valence electrons. The number of hydrogen-bond donors (Lipinski definition) is 3. The second-order valence-electron chi connectivity index (χ2n) is 6.95. The summed E-state index contributed by atoms with van der Waals surface area (Å²) in [6.07, 6.45) is 2.99. The number of nitrogens with one attached hydrogen (secondary N) is 3. The third kappa shape index (κ3) is 6.72. The maximum Gasteiger partial charge on any atom is 0.324 e. The summed E-state index contributed by atoms with van der Waals surface area (Å²) in [4.78, 5) is 28.1. The average Bonchev–Trinajstić information content (AvgIpc) is 2.88. The number of ether oxygens (including phenoxy) is 3. The van der Waals surface area contributed by atoms with E-state index in [9.17, 15) is 14.9 Å². The molecule has 0 atom stereocenters. The van der Waals surface area contributed by atoms with Crippen molar-refractivity contribution in [3.63, 3.8) is 0 Å². The van der Waals surface area contributed by atoms with Crippen molar-refractivity contribution in [1.29, 1.82) is 5.26 Å². The molecule has 10 nitrogen and oxygen atoms in total. The van der Waals surface area contributed by atoms with Gasteiger partial charge in [0.15, 0.2) is 11.5 Å². The summed E-state index contributed by atoms with van der Waals surface area (Å²) in [5, 5.41) is 17.1. The van der Waals surface area contributed by atoms with E-state index < -0.39 is 6.03 Å². The molecule has 0 fully saturated rings. The summed E-state index contributed by atoms with van der Waals surface area (Å²) < 4.78 is 16.2. The predicted octanol–water partition coefficient (Wildman–Crippen LogP) is 3.94. The van der Waals surface area contributed by atoms with Crippen LogP contribution < -0.4 is 30.2 Å². The summed E-state index contributed by atoms with van der Waals surface area (Å²) in [7, 11) is 4.56. The highest BCUT2D eigenvalue weighted by atomic mass is 16.5. The number of pyridine rings is 1. The van der Waals surface area contributed by atoms with Crippen LogP contribution in [0.15, 0.2) is 66.5 Å². The molecular weight excluding hydrogens is 450 g/mol. The molecular formula is C25H23N5O5. The van der Waals surface area contributed by atoms with Gasteiger partial charge in [0.25, 0.3) is 5.91 Å². The van der Waals surface area contributed by atoms with Gasteiger partial charge in [-0.1, -0.05) is 6.07 Å². The van der Waals surface area contributed by atoms with Crippen LogP contribution in [0.5, 0.6) is 23.0 Å². The number of carbonyl (C=O) groups is 2. The van der Waals surface area contributed by atoms with Gasteiger partial charge in [0.1, 0.15) is 29.0 Å². The number of methoxy groups -OCH3 is 2. The smallest absolute Gasteiger partial charge is 0.324 e. The maximum atomic E-state index is 12.4. The zero-order valence-electron chi connectivity index (χ0n) is 19.3. The Hall–Kier alpha value is -5.04. The van der Waals surface area contributed by atoms with Gasteiger partial charge >= 0.3 is 6.03 Å². The van der Waals surface area contributed by atoms with Crippen molar-refractivity contribution < 1.29 is 23.8 Å². The molecule has 3 rings (SSSR count). The van der Waals surface area contributed by atoms with E-state index in [4.69, 9.17) is 14.2 Å². The SMILES string of the molecule is CNC(=O)c1cc(Oc2ccc(NC(=O)N/C(C#N)=C/c3ccc(OC)c(OC)c3)cc2)ccn1. The van der Waals surface area contributed by atoms with Crippen molar-refractivity contribution in [2.45, 2.75) is 0 Å². The standard InChI is InChI=1S/C25H23N5O5/c1-27-24(31)21-14-20(10-11-28-21)35-19-7-5-17(6-8-19)29-25(32)30-18(15-26)12-16-4-9-22(33-2)23(13-16)34-3/h4-14H,1-3H3,(H,27,31)(H2,29,30,32)/b18-12+. The van der Waals surface area contributed by atoms with Crippen LogP contribution in [0, 0.1) is 11.3 Å². The van der Waals surface area contributed by atoms with Crippen molar-refractivity contribution in [1.82, 2.24) is 15.6 Å². The lowest BCUT2D eigenvalue weighted by Gasteiger charge is -2.10. The summed E-state index contributed by atoms with van der Waals surface area (Å²) >= 11 is 0. The first-order valence-corrected chi connectivity index (χ1v) is 10.3. The number of urea groups is 1. The summed E-state index contributed by atoms with van der Waals surface area (Å²) in [5.41, 5.74) is 1.41. The Bertz CT molecular complexity index is 1280. The first-order valence-electron chi connectivity index (χ1n) is 10.3. The Balaban J connectivity index is 1.62. The van der Waals surface area contributed by atoms with E-state index in [-0.39, 0.29) is 17.3 Å². The molecule has 0 unspecified atom stereocenters. The Morgan fingerprint density at radius 3 is 2.37 bits per heavy atom. The molecule has 0 radical (unpaired) electrons. The molecule has 0 aliphatic heterocycles. The van der Waals surface area contributed by atoms with Gasteiger partial charge in [0.2, 0.25) is 0 Å². The topological polar surface area (TPSA) is 135 Å². The summed E-state index contributed by atoms with van der Waals surface area (Å²) in [6, 6.07) is 16.2. The third-order valence-electron chi connectivity index (χ3n) is 4.63. The minimum atomic E-state index is -0.587. The molecule has 3 amide bonds. The van der Waals surface area contributed by atoms with Crippen LogP contribution in [0.2, 0.25) is 0 Å². The highest BCUT2D eigenvalue weighted by Gasteiger charge is 2.09. The molecule has 0 saturated carbocycles. The molecule has 0 spiro atoms. The second-order valence-corrected chi connectivity index (χ2v) is 6.95. The number of rotatable bonds is 8. The maximum absolute atomic E-state index is 12.4. The highest BCUT2D eigenvalue weighted by Crippen LogP contribution is 2.28. The average molecular weight is 473 g/mol. The lowest BCUT2D eigenvalue weighted by molar-refractivity contribution is 0.0958. The number of allylic oxidation sites excluding steroid dienone is 1. The van der Waals surface area contributed by atoms with Crippen LogP contribution in [0.1, 0.15) is 16.1 Å². The fourth-order valence-electron chi connectivity index (χ4n) is 2.96. The van der Waals surface area contributed by atoms with Gasteiger partial charge in [-0.3, -0.25) is 15.1 Å². The molecule has 2 aromatic carbocycles. The Morgan fingerprint density at radius 1 is 0.971 bits per heavy atom. The lowest BCUT2D eigenvalue weighted by atomic mass is 10.1. The van der Waals surface area contributed by atoms with E-state index in [2.05, 4.69) is 20.9 Å². The fraction of sp³-hybridized carbons (Fsp3) is 0.120. The number of nitrogens with zero attached hydrogens (tertiary/aromatic N) is 2. The van der Waals surface area contributed by atoms with Crippen molar-refractivity contribution in [2.24, 2.45) is 0 Å². The number of benzene rings is 2. The van der Waals surface area contributed by atoms with Crippen LogP contribution in [0.4, 0.5) is 10.5 Å². The van der Waals surface area contributed by atoms with Crippen molar-refractivity contribution in [3.05, 3.63) is 77.7 Å². The Kier molecular flexibility index (Phi) is 8.23. The van der Waals surface area contributed by atoms with E-state index in [1.54, 1.807) is 48.5 Å². The largest absolute Gasteiger partial charge is 0.493 e. The van der Waals surface area contributed by atoms with Crippen LogP contribution in [0.3, 0.4) is 0 Å². The fourth-order valence-corrected chi connectivity index (χ4v) is 2.96. The molecule has 1 heterocycles. The van der Waals surface area contributed by atoms with E-state index >= 15 is 0 Å². The van der Waals surface area contributed by atoms with Crippen molar-refractivity contribution >= 4 is 23.7 Å². The highest BCUT2D eigenvalue weighted by molar-refractivity contribution is 5.92. The van der Waals surface area contributed by atoms with Gasteiger partial charge < -0.3 is 24.8 Å². The molecule has 3 N–H and O–H groups in total. The van der Waals surface area contributed by atoms with Crippen LogP contribution >= 0.6 is 0 Å². The normalized spacial score (nSPS) is 10.5. The molecule has 1 aromatic heterocycles. The first kappa shape index (κ1) is 24.6. The number of amides is 3. The molecule has 3 aromatic rings. The van der Waals surface area contributed by atoms with Gasteiger partial charge in [0.05, 0.1) is 14.2 Å². The van der Waals surface area contributed by atoms with Crippen molar-refractivity contribution in [2.75, 3.05) is 26.6 Å². The Morgan fingerprint density at radius 2 is 1.71 bits per heavy atom. The lowest BCUT2D eigenvalue weighted by Crippen LogP contribution is -2.27. The van der Waals surface area contributed by atoms with E-state index in [1.165, 1.54) is 39.6 Å². The molecule has 0 aliphatic carbocycles. The third-order valence-corrected chi connectivity index (χ3v) is 4.63. The number of hydrogen-bond acceptors (Lipinski definition) is 7. The van der Waals surface area contributed by atoms with E-state index in [0.29, 0.717) is 34.2 Å². The van der Waals surface area contributed by atoms with E-state index in [0.717, 1.165) is 0 Å². The molecule has 10 heteroatoms. The van der Waals surface area contributed by atoms with Crippen molar-refractivity contribution in [3.8, 4) is 29.1 Å². The molecule has 35 heavy (non-hydrogen) atoms. The first-order chi connectivity index (χ1) is 16.9. The van der Waals surface area contributed by atoms with Gasteiger partial charge in [-0.15, -0.1) is 0 Å². The number of aromatic nitrogens is 1. The van der Waals surface area contributed by atoms with Gasteiger partial charge in [-0.25, -0.2) is 4.79 Å². The monoisotopic (exact) mass is 473 g/mol. The van der Waals surface area contributed by atoms with E-state index in [1.807, 2.05) is 6.07 Å². The summed E-state index contributed by atoms with van der Waals surface area (Å²) in [5.74, 6) is 1.67. The minimum absolute atomic E-state index is 0.0410. The number of anilines is 1. The minimum Gasteiger partial charge on any atom is -0.493 e.